The fourth-order valence-corrected chi connectivity index (χ4v) is 3.93. The van der Waals surface area contributed by atoms with E-state index in [0.717, 1.165) is 5.56 Å². The average molecular weight is 336 g/mol. The van der Waals surface area contributed by atoms with Crippen LogP contribution in [-0.2, 0) is 23.3 Å². The van der Waals surface area contributed by atoms with Crippen molar-refractivity contribution in [1.29, 1.82) is 0 Å². The summed E-state index contributed by atoms with van der Waals surface area (Å²) in [7, 11) is 0. The zero-order valence-corrected chi connectivity index (χ0v) is 13.9. The van der Waals surface area contributed by atoms with Gasteiger partial charge in [-0.3, -0.25) is 4.79 Å². The highest BCUT2D eigenvalue weighted by atomic mass is 16.4. The maximum Gasteiger partial charge on any atom is 0.320 e. The Morgan fingerprint density at radius 1 is 0.880 bits per heavy atom. The zero-order chi connectivity index (χ0) is 17.4. The van der Waals surface area contributed by atoms with E-state index in [1.54, 1.807) is 9.80 Å². The molecule has 0 spiro atoms. The van der Waals surface area contributed by atoms with Crippen LogP contribution in [0.4, 0.5) is 4.79 Å². The number of aliphatic carboxylic acids is 1. The van der Waals surface area contributed by atoms with Gasteiger partial charge in [0.1, 0.15) is 5.41 Å². The second kappa shape index (κ2) is 5.92. The van der Waals surface area contributed by atoms with Crippen LogP contribution in [0.3, 0.4) is 0 Å². The summed E-state index contributed by atoms with van der Waals surface area (Å²) in [6.45, 7) is 1.87. The summed E-state index contributed by atoms with van der Waals surface area (Å²) in [6, 6.07) is 17.2. The summed E-state index contributed by atoms with van der Waals surface area (Å²) < 4.78 is 0. The van der Waals surface area contributed by atoms with Crippen LogP contribution in [0.15, 0.2) is 54.6 Å². The first-order valence-corrected chi connectivity index (χ1v) is 8.50. The highest BCUT2D eigenvalue weighted by Crippen LogP contribution is 2.36. The minimum Gasteiger partial charge on any atom is -0.481 e. The SMILES string of the molecule is O=C(N1Cc2ccccc2C1)N1CCC(C(=O)O)(c2ccccc2)C1. The Labute approximate surface area is 146 Å². The predicted molar refractivity (Wildman–Crippen MR) is 93.0 cm³/mol. The number of hydrogen-bond donors (Lipinski definition) is 1. The Morgan fingerprint density at radius 2 is 1.48 bits per heavy atom. The number of benzene rings is 2. The Morgan fingerprint density at radius 3 is 2.08 bits per heavy atom. The third-order valence-electron chi connectivity index (χ3n) is 5.39. The van der Waals surface area contributed by atoms with Crippen LogP contribution >= 0.6 is 0 Å². The van der Waals surface area contributed by atoms with E-state index in [1.165, 1.54) is 11.1 Å². The number of likely N-dealkylation sites (tertiary alicyclic amines) is 1. The summed E-state index contributed by atoms with van der Waals surface area (Å²) in [6.07, 6.45) is 0.443. The van der Waals surface area contributed by atoms with Crippen LogP contribution in [0.2, 0.25) is 0 Å². The van der Waals surface area contributed by atoms with Gasteiger partial charge in [0.25, 0.3) is 0 Å². The van der Waals surface area contributed by atoms with E-state index in [9.17, 15) is 14.7 Å². The van der Waals surface area contributed by atoms with E-state index in [1.807, 2.05) is 54.6 Å². The van der Waals surface area contributed by atoms with Gasteiger partial charge in [0, 0.05) is 26.2 Å². The third kappa shape index (κ3) is 2.56. The molecule has 2 heterocycles. The molecule has 5 nitrogen and oxygen atoms in total. The van der Waals surface area contributed by atoms with Crippen molar-refractivity contribution in [3.05, 3.63) is 71.3 Å². The summed E-state index contributed by atoms with van der Waals surface area (Å²) >= 11 is 0. The van der Waals surface area contributed by atoms with Crippen molar-refractivity contribution in [3.8, 4) is 0 Å². The molecule has 4 rings (SSSR count). The second-order valence-electron chi connectivity index (χ2n) is 6.83. The molecule has 1 saturated heterocycles. The summed E-state index contributed by atoms with van der Waals surface area (Å²) in [5, 5.41) is 9.87. The molecule has 1 unspecified atom stereocenters. The molecule has 2 aliphatic rings. The molecule has 2 aromatic rings. The highest BCUT2D eigenvalue weighted by molar-refractivity contribution is 5.85. The van der Waals surface area contributed by atoms with Crippen LogP contribution in [-0.4, -0.2) is 40.0 Å². The van der Waals surface area contributed by atoms with E-state index < -0.39 is 11.4 Å². The van der Waals surface area contributed by atoms with Crippen LogP contribution in [0, 0.1) is 0 Å². The number of urea groups is 1. The first-order chi connectivity index (χ1) is 12.1. The van der Waals surface area contributed by atoms with Crippen LogP contribution in [0.5, 0.6) is 0 Å². The fourth-order valence-electron chi connectivity index (χ4n) is 3.93. The van der Waals surface area contributed by atoms with Gasteiger partial charge in [-0.25, -0.2) is 4.79 Å². The number of carboxylic acids is 1. The maximum absolute atomic E-state index is 12.9. The van der Waals surface area contributed by atoms with Gasteiger partial charge < -0.3 is 14.9 Å². The molecule has 2 aromatic carbocycles. The molecule has 1 fully saturated rings. The topological polar surface area (TPSA) is 60.9 Å². The molecule has 0 bridgehead atoms. The summed E-state index contributed by atoms with van der Waals surface area (Å²) in [5.74, 6) is -0.862. The van der Waals surface area contributed by atoms with Gasteiger partial charge >= 0.3 is 12.0 Å². The number of nitrogens with zero attached hydrogens (tertiary/aromatic N) is 2. The molecule has 128 valence electrons. The minimum absolute atomic E-state index is 0.0738. The van der Waals surface area contributed by atoms with Gasteiger partial charge in [-0.05, 0) is 23.1 Å². The highest BCUT2D eigenvalue weighted by Gasteiger charge is 2.48. The van der Waals surface area contributed by atoms with Gasteiger partial charge in [-0.2, -0.15) is 0 Å². The Balaban J connectivity index is 1.54. The van der Waals surface area contributed by atoms with Crippen molar-refractivity contribution >= 4 is 12.0 Å². The summed E-state index contributed by atoms with van der Waals surface area (Å²) in [5.41, 5.74) is 2.09. The average Bonchev–Trinajstić information content (AvgIpc) is 3.27. The molecule has 25 heavy (non-hydrogen) atoms. The number of carbonyl (C=O) groups is 2. The number of amides is 2. The van der Waals surface area contributed by atoms with Crippen LogP contribution in [0.1, 0.15) is 23.1 Å². The molecule has 0 radical (unpaired) electrons. The van der Waals surface area contributed by atoms with Gasteiger partial charge in [-0.1, -0.05) is 54.6 Å². The standard InChI is InChI=1S/C20H20N2O3/c23-18(24)20(17-8-2-1-3-9-17)10-11-21(14-20)19(25)22-12-15-6-4-5-7-16(15)13-22/h1-9H,10-14H2,(H,23,24). The number of carbonyl (C=O) groups excluding carboxylic acids is 1. The normalized spacial score (nSPS) is 22.1. The lowest BCUT2D eigenvalue weighted by atomic mass is 9.80. The number of rotatable bonds is 2. The van der Waals surface area contributed by atoms with E-state index in [4.69, 9.17) is 0 Å². The van der Waals surface area contributed by atoms with E-state index in [-0.39, 0.29) is 12.6 Å². The molecule has 0 saturated carbocycles. The van der Waals surface area contributed by atoms with Crippen molar-refractivity contribution < 1.29 is 14.7 Å². The molecule has 2 aliphatic heterocycles. The molecule has 0 aromatic heterocycles. The van der Waals surface area contributed by atoms with Gasteiger partial charge in [0.15, 0.2) is 0 Å². The molecule has 2 amide bonds. The Kier molecular flexibility index (Phi) is 3.71. The Bertz CT molecular complexity index is 796. The van der Waals surface area contributed by atoms with Crippen molar-refractivity contribution in [3.63, 3.8) is 0 Å². The Hall–Kier alpha value is -2.82. The second-order valence-corrected chi connectivity index (χ2v) is 6.83. The van der Waals surface area contributed by atoms with E-state index >= 15 is 0 Å². The lowest BCUT2D eigenvalue weighted by molar-refractivity contribution is -0.143. The van der Waals surface area contributed by atoms with Gasteiger partial charge in [0.2, 0.25) is 0 Å². The van der Waals surface area contributed by atoms with E-state index in [0.29, 0.717) is 26.1 Å². The molecular formula is C20H20N2O3. The third-order valence-corrected chi connectivity index (χ3v) is 5.39. The molecular weight excluding hydrogens is 316 g/mol. The van der Waals surface area contributed by atoms with Gasteiger partial charge in [0.05, 0.1) is 0 Å². The van der Waals surface area contributed by atoms with Crippen LogP contribution < -0.4 is 0 Å². The van der Waals surface area contributed by atoms with Gasteiger partial charge in [-0.15, -0.1) is 0 Å². The number of fused-ring (bicyclic) bond motifs is 1. The smallest absolute Gasteiger partial charge is 0.320 e. The van der Waals surface area contributed by atoms with Crippen molar-refractivity contribution in [1.82, 2.24) is 9.80 Å². The summed E-state index contributed by atoms with van der Waals surface area (Å²) in [4.78, 5) is 28.4. The van der Waals surface area contributed by atoms with E-state index in [2.05, 4.69) is 0 Å². The molecule has 0 aliphatic carbocycles. The first-order valence-electron chi connectivity index (χ1n) is 8.50. The molecule has 5 heteroatoms. The lowest BCUT2D eigenvalue weighted by Gasteiger charge is -2.27. The largest absolute Gasteiger partial charge is 0.481 e. The van der Waals surface area contributed by atoms with Crippen molar-refractivity contribution in [2.45, 2.75) is 24.9 Å². The quantitative estimate of drug-likeness (QED) is 0.917. The maximum atomic E-state index is 12.9. The number of hydrogen-bond acceptors (Lipinski definition) is 2. The number of carboxylic acid groups (broad SMARTS) is 1. The fraction of sp³-hybridized carbons (Fsp3) is 0.300. The zero-order valence-electron chi connectivity index (χ0n) is 13.9. The molecule has 1 N–H and O–H groups in total. The molecule has 1 atom stereocenters. The lowest BCUT2D eigenvalue weighted by Crippen LogP contribution is -2.44. The monoisotopic (exact) mass is 336 g/mol. The first kappa shape index (κ1) is 15.7. The van der Waals surface area contributed by atoms with Crippen molar-refractivity contribution in [2.75, 3.05) is 13.1 Å². The van der Waals surface area contributed by atoms with Crippen LogP contribution in [0.25, 0.3) is 0 Å². The van der Waals surface area contributed by atoms with Crippen molar-refractivity contribution in [2.24, 2.45) is 0 Å². The predicted octanol–water partition coefficient (Wildman–Crippen LogP) is 2.85. The minimum atomic E-state index is -1.01.